The van der Waals surface area contributed by atoms with E-state index in [-0.39, 0.29) is 5.41 Å². The van der Waals surface area contributed by atoms with Gasteiger partial charge in [0.15, 0.2) is 0 Å². The Labute approximate surface area is 60.9 Å². The molecule has 0 radical (unpaired) electrons. The third-order valence-electron chi connectivity index (χ3n) is 3.21. The summed E-state index contributed by atoms with van der Waals surface area (Å²) in [6.07, 6.45) is 3.39. The molecule has 0 spiro atoms. The van der Waals surface area contributed by atoms with Crippen LogP contribution in [0, 0.1) is 10.8 Å². The van der Waals surface area contributed by atoms with Crippen LogP contribution in [0.1, 0.15) is 26.2 Å². The van der Waals surface area contributed by atoms with Crippen molar-refractivity contribution in [1.29, 1.82) is 0 Å². The molecule has 0 amide bonds. The fourth-order valence-electron chi connectivity index (χ4n) is 2.75. The summed E-state index contributed by atoms with van der Waals surface area (Å²) in [6, 6.07) is 0. The maximum atomic E-state index is 5.63. The van der Waals surface area contributed by atoms with Crippen LogP contribution in [0.15, 0.2) is 0 Å². The number of rotatable bonds is 1. The zero-order chi connectivity index (χ0) is 7.62. The largest absolute Gasteiger partial charge is 0.301 e. The van der Waals surface area contributed by atoms with Gasteiger partial charge in [-0.15, -0.1) is 0 Å². The van der Waals surface area contributed by atoms with Crippen LogP contribution in [-0.4, -0.2) is 5.79 Å². The first-order valence-corrected chi connectivity index (χ1v) is 3.74. The molecule has 2 bridgehead atoms. The zero-order valence-corrected chi connectivity index (χ0v) is 6.35. The number of hydrogen-bond acceptors (Lipinski definition) is 3. The smallest absolute Gasteiger partial charge is 0.121 e. The summed E-state index contributed by atoms with van der Waals surface area (Å²) in [7, 11) is 0. The third kappa shape index (κ3) is 0.516. The minimum absolute atomic E-state index is 0.0990. The van der Waals surface area contributed by atoms with Crippen LogP contribution in [0.5, 0.6) is 0 Å². The lowest BCUT2D eigenvalue weighted by Gasteiger charge is -2.73. The van der Waals surface area contributed by atoms with Crippen molar-refractivity contribution in [2.24, 2.45) is 28.0 Å². The maximum absolute atomic E-state index is 5.63. The van der Waals surface area contributed by atoms with Crippen LogP contribution in [0.4, 0.5) is 0 Å². The summed E-state index contributed by atoms with van der Waals surface area (Å²) in [4.78, 5) is 0. The topological polar surface area (TPSA) is 78.1 Å². The van der Waals surface area contributed by atoms with Crippen molar-refractivity contribution in [1.82, 2.24) is 0 Å². The molecular formula is C7H15N3. The Hall–Kier alpha value is -0.120. The Morgan fingerprint density at radius 1 is 1.10 bits per heavy atom. The molecule has 3 aliphatic rings. The van der Waals surface area contributed by atoms with Crippen molar-refractivity contribution < 1.29 is 0 Å². The molecule has 3 fully saturated rings. The van der Waals surface area contributed by atoms with Gasteiger partial charge in [0, 0.05) is 5.41 Å². The van der Waals surface area contributed by atoms with Crippen molar-refractivity contribution in [2.45, 2.75) is 32.0 Å². The van der Waals surface area contributed by atoms with Gasteiger partial charge in [-0.05, 0) is 24.7 Å². The van der Waals surface area contributed by atoms with E-state index in [4.69, 9.17) is 17.2 Å². The average molecular weight is 141 g/mol. The molecule has 6 N–H and O–H groups in total. The third-order valence-corrected chi connectivity index (χ3v) is 3.21. The molecule has 3 rings (SSSR count). The minimum atomic E-state index is -0.926. The van der Waals surface area contributed by atoms with Gasteiger partial charge < -0.3 is 17.2 Å². The van der Waals surface area contributed by atoms with Crippen molar-refractivity contribution in [2.75, 3.05) is 0 Å². The van der Waals surface area contributed by atoms with Gasteiger partial charge in [-0.3, -0.25) is 0 Å². The molecule has 0 aromatic carbocycles. The fourth-order valence-corrected chi connectivity index (χ4v) is 2.75. The van der Waals surface area contributed by atoms with Crippen LogP contribution in [0.2, 0.25) is 0 Å². The van der Waals surface area contributed by atoms with Crippen LogP contribution in [-0.2, 0) is 0 Å². The Morgan fingerprint density at radius 2 is 1.50 bits per heavy atom. The molecule has 58 valence electrons. The van der Waals surface area contributed by atoms with Gasteiger partial charge in [-0.2, -0.15) is 0 Å². The van der Waals surface area contributed by atoms with Crippen LogP contribution in [0.25, 0.3) is 0 Å². The standard InChI is InChI=1S/C7H15N3/c1-5-2-6(3-5,4-5)7(8,9)10/h2-4,8-10H2,1H3. The van der Waals surface area contributed by atoms with Gasteiger partial charge in [0.05, 0.1) is 0 Å². The first-order chi connectivity index (χ1) is 4.37. The fraction of sp³-hybridized carbons (Fsp3) is 1.00. The molecule has 0 saturated heterocycles. The highest BCUT2D eigenvalue weighted by molar-refractivity contribution is 5.20. The Balaban J connectivity index is 2.11. The molecule has 10 heavy (non-hydrogen) atoms. The van der Waals surface area contributed by atoms with E-state index in [0.717, 1.165) is 19.3 Å². The SMILES string of the molecule is CC12CC(C(N)(N)N)(C1)C2. The molecule has 0 atom stereocenters. The number of nitrogens with two attached hydrogens (primary N) is 3. The lowest BCUT2D eigenvalue weighted by atomic mass is 9.34. The summed E-state index contributed by atoms with van der Waals surface area (Å²) in [5.74, 6) is -0.926. The van der Waals surface area contributed by atoms with E-state index in [0.29, 0.717) is 5.41 Å². The monoisotopic (exact) mass is 141 g/mol. The van der Waals surface area contributed by atoms with Crippen LogP contribution < -0.4 is 17.2 Å². The Kier molecular flexibility index (Phi) is 0.832. The van der Waals surface area contributed by atoms with Crippen molar-refractivity contribution in [3.63, 3.8) is 0 Å². The van der Waals surface area contributed by atoms with E-state index >= 15 is 0 Å². The molecule has 0 heterocycles. The molecular weight excluding hydrogens is 126 g/mol. The van der Waals surface area contributed by atoms with Gasteiger partial charge in [0.2, 0.25) is 0 Å². The lowest BCUT2D eigenvalue weighted by molar-refractivity contribution is -0.230. The van der Waals surface area contributed by atoms with E-state index in [2.05, 4.69) is 6.92 Å². The van der Waals surface area contributed by atoms with Gasteiger partial charge in [0.1, 0.15) is 5.79 Å². The Bertz CT molecular complexity index is 160. The van der Waals surface area contributed by atoms with Gasteiger partial charge in [-0.25, -0.2) is 0 Å². The van der Waals surface area contributed by atoms with Crippen molar-refractivity contribution >= 4 is 0 Å². The summed E-state index contributed by atoms with van der Waals surface area (Å²) >= 11 is 0. The molecule has 0 aliphatic heterocycles. The molecule has 0 aromatic heterocycles. The van der Waals surface area contributed by atoms with E-state index in [1.165, 1.54) is 0 Å². The minimum Gasteiger partial charge on any atom is -0.301 e. The summed E-state index contributed by atoms with van der Waals surface area (Å²) in [5, 5.41) is 0. The maximum Gasteiger partial charge on any atom is 0.121 e. The predicted octanol–water partition coefficient (Wildman–Crippen LogP) is -0.293. The van der Waals surface area contributed by atoms with Crippen LogP contribution >= 0.6 is 0 Å². The lowest BCUT2D eigenvalue weighted by Crippen LogP contribution is -2.81. The number of hydrogen-bond donors (Lipinski definition) is 3. The van der Waals surface area contributed by atoms with Crippen molar-refractivity contribution in [3.05, 3.63) is 0 Å². The normalized spacial score (nSPS) is 51.6. The summed E-state index contributed by atoms with van der Waals surface area (Å²) < 4.78 is 0. The Morgan fingerprint density at radius 3 is 1.60 bits per heavy atom. The first kappa shape index (κ1) is 6.58. The quantitative estimate of drug-likeness (QED) is 0.439. The second-order valence-corrected chi connectivity index (χ2v) is 4.55. The molecule has 3 nitrogen and oxygen atoms in total. The van der Waals surface area contributed by atoms with Gasteiger partial charge >= 0.3 is 0 Å². The first-order valence-electron chi connectivity index (χ1n) is 3.74. The summed E-state index contributed by atoms with van der Waals surface area (Å²) in [6.45, 7) is 2.26. The van der Waals surface area contributed by atoms with Gasteiger partial charge in [-0.1, -0.05) is 6.92 Å². The zero-order valence-electron chi connectivity index (χ0n) is 6.35. The second-order valence-electron chi connectivity index (χ2n) is 4.55. The highest BCUT2D eigenvalue weighted by atomic mass is 15.2. The molecule has 3 saturated carbocycles. The van der Waals surface area contributed by atoms with E-state index in [9.17, 15) is 0 Å². The molecule has 0 unspecified atom stereocenters. The second kappa shape index (κ2) is 1.26. The average Bonchev–Trinajstić information content (AvgIpc) is 1.51. The van der Waals surface area contributed by atoms with E-state index in [1.54, 1.807) is 0 Å². The molecule has 3 heteroatoms. The van der Waals surface area contributed by atoms with Gasteiger partial charge in [0.25, 0.3) is 0 Å². The van der Waals surface area contributed by atoms with Crippen molar-refractivity contribution in [3.8, 4) is 0 Å². The molecule has 0 aromatic rings. The van der Waals surface area contributed by atoms with Crippen LogP contribution in [0.3, 0.4) is 0 Å². The van der Waals surface area contributed by atoms with E-state index in [1.807, 2.05) is 0 Å². The summed E-state index contributed by atoms with van der Waals surface area (Å²) in [5.41, 5.74) is 17.5. The van der Waals surface area contributed by atoms with E-state index < -0.39 is 5.79 Å². The highest BCUT2D eigenvalue weighted by Gasteiger charge is 2.70. The highest BCUT2D eigenvalue weighted by Crippen LogP contribution is 2.74. The molecule has 3 aliphatic carbocycles. The predicted molar refractivity (Wildman–Crippen MR) is 39.7 cm³/mol.